The van der Waals surface area contributed by atoms with Gasteiger partial charge in [0, 0.05) is 29.7 Å². The van der Waals surface area contributed by atoms with Gasteiger partial charge in [0.2, 0.25) is 5.75 Å². The first kappa shape index (κ1) is 18.4. The van der Waals surface area contributed by atoms with Crippen molar-refractivity contribution in [3.63, 3.8) is 0 Å². The van der Waals surface area contributed by atoms with E-state index in [0.29, 0.717) is 26.9 Å². The number of halogens is 3. The number of phenols is 4. The highest BCUT2D eigenvalue weighted by atomic mass is 127. The van der Waals surface area contributed by atoms with Crippen LogP contribution in [0.5, 0.6) is 28.7 Å². The Morgan fingerprint density at radius 3 is 2.24 bits per heavy atom. The Kier molecular flexibility index (Phi) is 4.93. The monoisotopic (exact) mass is 497 g/mol. The van der Waals surface area contributed by atoms with Gasteiger partial charge in [0.1, 0.15) is 17.6 Å². The van der Waals surface area contributed by atoms with Crippen molar-refractivity contribution in [1.29, 1.82) is 0 Å². The molecule has 0 spiro atoms. The van der Waals surface area contributed by atoms with E-state index < -0.39 is 38.0 Å². The van der Waals surface area contributed by atoms with Gasteiger partial charge in [-0.25, -0.2) is 0 Å². The first-order valence-electron chi connectivity index (χ1n) is 7.07. The van der Waals surface area contributed by atoms with Gasteiger partial charge >= 0.3 is 0 Å². The molecule has 6 N–H and O–H groups in total. The van der Waals surface area contributed by atoms with E-state index in [1.54, 1.807) is 6.07 Å². The second-order valence-electron chi connectivity index (χ2n) is 5.42. The number of nitrogens with two attached hydrogens (primary N) is 1. The third kappa shape index (κ3) is 2.79. The summed E-state index contributed by atoms with van der Waals surface area (Å²) in [5.41, 5.74) is 6.73. The Morgan fingerprint density at radius 2 is 1.72 bits per heavy atom. The van der Waals surface area contributed by atoms with Crippen molar-refractivity contribution < 1.29 is 25.2 Å². The van der Waals surface area contributed by atoms with Gasteiger partial charge in [0.05, 0.1) is 13.6 Å². The molecule has 1 aliphatic heterocycles. The van der Waals surface area contributed by atoms with Crippen molar-refractivity contribution in [3.8, 4) is 39.9 Å². The summed E-state index contributed by atoms with van der Waals surface area (Å²) in [4.78, 5) is 0. The average molecular weight is 498 g/mol. The number of aromatic hydroxyl groups is 4. The molecule has 0 fully saturated rings. The minimum absolute atomic E-state index is 0.101. The molecule has 25 heavy (non-hydrogen) atoms. The molecule has 0 bridgehead atoms. The fraction of sp³-hybridized carbons (Fsp3) is 0.188. The zero-order chi connectivity index (χ0) is 18.5. The Morgan fingerprint density at radius 1 is 1.12 bits per heavy atom. The fourth-order valence-electron chi connectivity index (χ4n) is 2.74. The molecular formula is C16H14Cl2INO5. The van der Waals surface area contributed by atoms with E-state index in [1.807, 2.05) is 0 Å². The number of benzene rings is 2. The second-order valence-corrected chi connectivity index (χ2v) is 8.11. The molecule has 134 valence electrons. The van der Waals surface area contributed by atoms with E-state index in [1.165, 1.54) is 0 Å². The standard InChI is InChI=1S/C16H14Cl2INO5/c1-19-8-3-6(16-7(12(8)21)2-5(4-20)25-16)9-10(17)13(22)15(24)14(23)11(9)18/h3,5,21-24H,1-2,4,20H2. The maximum Gasteiger partial charge on any atom is 0.203 e. The lowest BCUT2D eigenvalue weighted by atomic mass is 9.98. The quantitative estimate of drug-likeness (QED) is 0.328. The van der Waals surface area contributed by atoms with E-state index in [4.69, 9.17) is 33.7 Å². The van der Waals surface area contributed by atoms with Gasteiger partial charge < -0.3 is 30.9 Å². The Balaban J connectivity index is 2.38. The summed E-state index contributed by atoms with van der Waals surface area (Å²) in [7, 11) is 0. The summed E-state index contributed by atoms with van der Waals surface area (Å²) < 4.78 is 10.3. The molecule has 1 heterocycles. The summed E-state index contributed by atoms with van der Waals surface area (Å²) in [6.45, 7) is 0.246. The average Bonchev–Trinajstić information content (AvgIpc) is 3.05. The van der Waals surface area contributed by atoms with Crippen LogP contribution in [-0.2, 0) is 6.42 Å². The van der Waals surface area contributed by atoms with Crippen molar-refractivity contribution in [2.75, 3.05) is 6.54 Å². The Hall–Kier alpha value is -1.42. The van der Waals surface area contributed by atoms with Crippen LogP contribution in [0.3, 0.4) is 0 Å². The number of hydrogen-bond donors (Lipinski definition) is 5. The lowest BCUT2D eigenvalue weighted by Gasteiger charge is -2.17. The zero-order valence-electron chi connectivity index (χ0n) is 12.7. The molecule has 9 heteroatoms. The highest BCUT2D eigenvalue weighted by Crippen LogP contribution is 2.56. The third-order valence-electron chi connectivity index (χ3n) is 4.00. The summed E-state index contributed by atoms with van der Waals surface area (Å²) in [6.07, 6.45) is 0.0860. The van der Waals surface area contributed by atoms with Gasteiger partial charge in [-0.2, -0.15) is 0 Å². The molecule has 0 amide bonds. The largest absolute Gasteiger partial charge is 0.506 e. The summed E-state index contributed by atoms with van der Waals surface area (Å²) in [5, 5.41) is 39.6. The molecule has 2 aromatic rings. The Bertz CT molecular complexity index is 874. The maximum absolute atomic E-state index is 10.4. The van der Waals surface area contributed by atoms with Crippen molar-refractivity contribution in [2.45, 2.75) is 12.5 Å². The molecule has 2 aromatic carbocycles. The molecule has 0 aliphatic carbocycles. The maximum atomic E-state index is 10.4. The van der Waals surface area contributed by atoms with E-state index in [2.05, 4.69) is 4.51 Å². The molecule has 1 aliphatic rings. The number of fused-ring (bicyclic) bond motifs is 1. The number of ether oxygens (including phenoxy) is 1. The van der Waals surface area contributed by atoms with Gasteiger partial charge in [-0.1, -0.05) is 48.4 Å². The fourth-order valence-corrected chi connectivity index (χ4v) is 4.58. The van der Waals surface area contributed by atoms with Crippen molar-refractivity contribution in [3.05, 3.63) is 25.2 Å². The predicted molar refractivity (Wildman–Crippen MR) is 106 cm³/mol. The van der Waals surface area contributed by atoms with Gasteiger partial charge in [0.15, 0.2) is 11.5 Å². The van der Waals surface area contributed by atoms with Crippen LogP contribution in [-0.4, -0.2) is 37.6 Å². The van der Waals surface area contributed by atoms with Crippen LogP contribution < -0.4 is 10.5 Å². The zero-order valence-corrected chi connectivity index (χ0v) is 16.4. The van der Waals surface area contributed by atoms with Crippen molar-refractivity contribution in [1.82, 2.24) is 0 Å². The van der Waals surface area contributed by atoms with Gasteiger partial charge in [-0.05, 0) is 6.07 Å². The van der Waals surface area contributed by atoms with Gasteiger partial charge in [0.25, 0.3) is 0 Å². The van der Waals surface area contributed by atoms with Crippen LogP contribution in [0.15, 0.2) is 6.07 Å². The normalized spacial score (nSPS) is 15.9. The van der Waals surface area contributed by atoms with Crippen LogP contribution in [0, 0.1) is 3.57 Å². The number of rotatable bonds is 3. The molecule has 1 atom stereocenters. The molecule has 0 saturated heterocycles. The van der Waals surface area contributed by atoms with Crippen LogP contribution >= 0.6 is 43.9 Å². The van der Waals surface area contributed by atoms with Crippen molar-refractivity contribution >= 4 is 48.4 Å². The van der Waals surface area contributed by atoms with E-state index >= 15 is 0 Å². The van der Waals surface area contributed by atoms with E-state index in [-0.39, 0.29) is 34.0 Å². The minimum atomic E-state index is -0.806. The van der Waals surface area contributed by atoms with Crippen LogP contribution in [0.4, 0.5) is 0 Å². The first-order chi connectivity index (χ1) is 11.8. The smallest absolute Gasteiger partial charge is 0.203 e. The van der Waals surface area contributed by atoms with Gasteiger partial charge in [-0.3, -0.25) is 0 Å². The summed E-state index contributed by atoms with van der Waals surface area (Å²) in [6, 6.07) is 1.62. The third-order valence-corrected chi connectivity index (χ3v) is 6.38. The second kappa shape index (κ2) is 6.71. The SMILES string of the molecule is C=Ic1cc(-c2c(Cl)c(O)c(O)c(O)c2Cl)c2c(c1O)CC(CN)O2. The number of phenolic OH excluding ortho intramolecular Hbond substituents is 4. The topological polar surface area (TPSA) is 116 Å². The highest BCUT2D eigenvalue weighted by Gasteiger charge is 2.32. The van der Waals surface area contributed by atoms with E-state index in [0.717, 1.165) is 0 Å². The van der Waals surface area contributed by atoms with Crippen LogP contribution in [0.25, 0.3) is 11.1 Å². The highest BCUT2D eigenvalue weighted by molar-refractivity contribution is 14.2. The lowest BCUT2D eigenvalue weighted by Crippen LogP contribution is -2.24. The minimum Gasteiger partial charge on any atom is -0.506 e. The molecule has 6 nitrogen and oxygen atoms in total. The van der Waals surface area contributed by atoms with Crippen molar-refractivity contribution in [2.24, 2.45) is 5.73 Å². The summed E-state index contributed by atoms with van der Waals surface area (Å²) >= 11 is 11.6. The molecule has 0 radical (unpaired) electrons. The lowest BCUT2D eigenvalue weighted by molar-refractivity contribution is 0.242. The Labute approximate surface area is 163 Å². The molecule has 3 rings (SSSR count). The first-order valence-corrected chi connectivity index (χ1v) is 10.4. The number of hydrogen-bond acceptors (Lipinski definition) is 6. The molecule has 1 unspecified atom stereocenters. The molecule has 0 aromatic heterocycles. The molecular weight excluding hydrogens is 484 g/mol. The molecule has 0 saturated carbocycles. The van der Waals surface area contributed by atoms with Crippen LogP contribution in [0.1, 0.15) is 5.56 Å². The van der Waals surface area contributed by atoms with E-state index in [9.17, 15) is 20.4 Å². The predicted octanol–water partition coefficient (Wildman–Crippen LogP) is 3.32. The van der Waals surface area contributed by atoms with Crippen LogP contribution in [0.2, 0.25) is 10.0 Å². The van der Waals surface area contributed by atoms with Gasteiger partial charge in [-0.15, -0.1) is 0 Å². The summed E-state index contributed by atoms with van der Waals surface area (Å²) in [5.74, 6) is -1.75.